The summed E-state index contributed by atoms with van der Waals surface area (Å²) in [5.41, 5.74) is 11.3. The molecule has 2 N–H and O–H groups in total. The Morgan fingerprint density at radius 3 is 2.64 bits per heavy atom. The Labute approximate surface area is 238 Å². The van der Waals surface area contributed by atoms with Gasteiger partial charge in [0.15, 0.2) is 0 Å². The standard InChI is InChI=1S/C31H44N6OS/c1-20(38-10)15-26-18-37(23(4)36-33-9)29-27(21(2)22(3)39-29)28(35-26)31(8)13-11-24(12-14-31)25(16-32)17-34-19-30(5,6)7/h11-13,16-17,26H,1,9,14-15,18-19,32H2,2-8,10H3/b25-16?,34-17?,36-23-. The number of methoxy groups -OCH3 is 1. The van der Waals surface area contributed by atoms with Crippen LogP contribution in [0.3, 0.4) is 0 Å². The number of rotatable bonds is 8. The number of amidine groups is 1. The van der Waals surface area contributed by atoms with Gasteiger partial charge in [0.05, 0.1) is 24.6 Å². The highest BCUT2D eigenvalue weighted by Crippen LogP contribution is 2.45. The third-order valence-corrected chi connectivity index (χ3v) is 8.37. The van der Waals surface area contributed by atoms with Gasteiger partial charge < -0.3 is 15.4 Å². The molecule has 3 rings (SSSR count). The van der Waals surface area contributed by atoms with E-state index in [0.29, 0.717) is 18.7 Å². The van der Waals surface area contributed by atoms with E-state index in [4.69, 9.17) is 15.5 Å². The van der Waals surface area contributed by atoms with Crippen molar-refractivity contribution in [1.82, 2.24) is 0 Å². The summed E-state index contributed by atoms with van der Waals surface area (Å²) in [5.74, 6) is 1.49. The van der Waals surface area contributed by atoms with Gasteiger partial charge in [-0.15, -0.1) is 16.4 Å². The van der Waals surface area contributed by atoms with E-state index in [1.165, 1.54) is 16.0 Å². The predicted molar refractivity (Wildman–Crippen MR) is 170 cm³/mol. The Bertz CT molecular complexity index is 1290. The maximum atomic E-state index is 6.02. The monoisotopic (exact) mass is 548 g/mol. The van der Waals surface area contributed by atoms with Crippen LogP contribution in [0.25, 0.3) is 0 Å². The largest absolute Gasteiger partial charge is 0.502 e. The molecule has 2 heterocycles. The second-order valence-electron chi connectivity index (χ2n) is 11.7. The molecule has 1 aliphatic heterocycles. The van der Waals surface area contributed by atoms with E-state index in [9.17, 15) is 0 Å². The van der Waals surface area contributed by atoms with Crippen LogP contribution >= 0.6 is 11.3 Å². The van der Waals surface area contributed by atoms with Crippen molar-refractivity contribution in [3.63, 3.8) is 0 Å². The number of ether oxygens (including phenoxy) is 1. The molecule has 2 unspecified atom stereocenters. The first kappa shape index (κ1) is 30.3. The van der Waals surface area contributed by atoms with Crippen molar-refractivity contribution in [2.75, 3.05) is 25.1 Å². The first-order valence-electron chi connectivity index (χ1n) is 13.3. The molecule has 0 spiro atoms. The summed E-state index contributed by atoms with van der Waals surface area (Å²) in [6.45, 7) is 24.2. The summed E-state index contributed by atoms with van der Waals surface area (Å²) in [6.07, 6.45) is 11.6. The SMILES string of the molecule is C=N/N=C(/C)N1CC(CC(=C)OC)N=C(C2(C)C=CC(C(C=NCC(C)(C)C)=CN)=CC2)c2c1sc(C)c2C. The minimum absolute atomic E-state index is 0.0682. The maximum absolute atomic E-state index is 6.02. The Balaban J connectivity index is 2.07. The number of aryl methyl sites for hydroxylation is 1. The summed E-state index contributed by atoms with van der Waals surface area (Å²) < 4.78 is 5.46. The van der Waals surface area contributed by atoms with Gasteiger partial charge in [-0.2, -0.15) is 5.10 Å². The molecule has 2 aliphatic rings. The van der Waals surface area contributed by atoms with Crippen molar-refractivity contribution in [3.8, 4) is 0 Å². The van der Waals surface area contributed by atoms with Crippen molar-refractivity contribution in [3.05, 3.63) is 63.9 Å². The van der Waals surface area contributed by atoms with Gasteiger partial charge in [-0.05, 0) is 43.7 Å². The Morgan fingerprint density at radius 1 is 1.36 bits per heavy atom. The fourth-order valence-electron chi connectivity index (χ4n) is 4.74. The van der Waals surface area contributed by atoms with Crippen LogP contribution in [0.15, 0.2) is 68.1 Å². The van der Waals surface area contributed by atoms with Crippen molar-refractivity contribution in [2.45, 2.75) is 67.3 Å². The van der Waals surface area contributed by atoms with Gasteiger partial charge >= 0.3 is 0 Å². The van der Waals surface area contributed by atoms with E-state index >= 15 is 0 Å². The number of nitrogens with two attached hydrogens (primary N) is 1. The summed E-state index contributed by atoms with van der Waals surface area (Å²) >= 11 is 1.77. The summed E-state index contributed by atoms with van der Waals surface area (Å²) in [7, 11) is 1.66. The molecule has 210 valence electrons. The Hall–Kier alpha value is -3.26. The van der Waals surface area contributed by atoms with Gasteiger partial charge in [0.25, 0.3) is 0 Å². The van der Waals surface area contributed by atoms with Crippen LogP contribution in [-0.4, -0.2) is 50.7 Å². The molecule has 1 aliphatic carbocycles. The molecule has 8 heteroatoms. The zero-order chi connectivity index (χ0) is 29.0. The van der Waals surface area contributed by atoms with Crippen molar-refractivity contribution in [2.24, 2.45) is 36.8 Å². The average Bonchev–Trinajstić information content (AvgIpc) is 3.06. The molecule has 0 bridgehead atoms. The zero-order valence-electron chi connectivity index (χ0n) is 24.8. The molecular weight excluding hydrogens is 504 g/mol. The molecule has 1 aromatic heterocycles. The Morgan fingerprint density at radius 2 is 2.08 bits per heavy atom. The van der Waals surface area contributed by atoms with Gasteiger partial charge in [0.2, 0.25) is 0 Å². The zero-order valence-corrected chi connectivity index (χ0v) is 25.7. The van der Waals surface area contributed by atoms with E-state index in [1.54, 1.807) is 24.6 Å². The lowest BCUT2D eigenvalue weighted by molar-refractivity contribution is 0.273. The van der Waals surface area contributed by atoms with Gasteiger partial charge in [-0.3, -0.25) is 9.98 Å². The molecular formula is C31H44N6OS. The summed E-state index contributed by atoms with van der Waals surface area (Å²) in [4.78, 5) is 13.5. The number of hydrogen-bond donors (Lipinski definition) is 1. The lowest BCUT2D eigenvalue weighted by Crippen LogP contribution is -2.34. The molecule has 39 heavy (non-hydrogen) atoms. The van der Waals surface area contributed by atoms with Crippen LogP contribution in [0.2, 0.25) is 0 Å². The minimum Gasteiger partial charge on any atom is -0.502 e. The molecule has 0 fully saturated rings. The van der Waals surface area contributed by atoms with Gasteiger partial charge in [-0.1, -0.05) is 52.5 Å². The molecule has 2 atom stereocenters. The van der Waals surface area contributed by atoms with Gasteiger partial charge in [0.1, 0.15) is 10.8 Å². The average molecular weight is 549 g/mol. The van der Waals surface area contributed by atoms with E-state index in [2.05, 4.69) is 93.2 Å². The first-order valence-corrected chi connectivity index (χ1v) is 14.1. The van der Waals surface area contributed by atoms with Crippen molar-refractivity contribution >= 4 is 40.8 Å². The third-order valence-electron chi connectivity index (χ3n) is 7.14. The van der Waals surface area contributed by atoms with Crippen LogP contribution in [-0.2, 0) is 4.74 Å². The molecule has 0 radical (unpaired) electrons. The van der Waals surface area contributed by atoms with Gasteiger partial charge in [-0.25, -0.2) is 0 Å². The highest BCUT2D eigenvalue weighted by molar-refractivity contribution is 7.17. The normalized spacial score (nSPS) is 22.4. The number of thiophene rings is 1. The van der Waals surface area contributed by atoms with Gasteiger partial charge in [0, 0.05) is 60.1 Å². The minimum atomic E-state index is -0.316. The number of aliphatic imine (C=N–C) groups is 2. The highest BCUT2D eigenvalue weighted by Gasteiger charge is 2.38. The summed E-state index contributed by atoms with van der Waals surface area (Å²) in [6, 6.07) is -0.0682. The number of anilines is 1. The van der Waals surface area contributed by atoms with E-state index in [-0.39, 0.29) is 16.9 Å². The topological polar surface area (TPSA) is 87.9 Å². The Kier molecular flexibility index (Phi) is 9.54. The predicted octanol–water partition coefficient (Wildman–Crippen LogP) is 6.78. The molecule has 7 nitrogen and oxygen atoms in total. The van der Waals surface area contributed by atoms with E-state index in [1.807, 2.05) is 13.1 Å². The number of fused-ring (bicyclic) bond motifs is 1. The highest BCUT2D eigenvalue weighted by atomic mass is 32.1. The van der Waals surface area contributed by atoms with Crippen molar-refractivity contribution < 1.29 is 4.74 Å². The third kappa shape index (κ3) is 7.04. The van der Waals surface area contributed by atoms with Crippen molar-refractivity contribution in [1.29, 1.82) is 0 Å². The number of hydrogen-bond acceptors (Lipinski definition) is 7. The van der Waals surface area contributed by atoms with Crippen LogP contribution in [0.4, 0.5) is 5.00 Å². The lowest BCUT2D eigenvalue weighted by atomic mass is 9.74. The van der Waals surface area contributed by atoms with Crippen LogP contribution in [0.5, 0.6) is 0 Å². The second kappa shape index (κ2) is 12.3. The molecule has 0 amide bonds. The lowest BCUT2D eigenvalue weighted by Gasteiger charge is -2.31. The van der Waals surface area contributed by atoms with Crippen LogP contribution in [0, 0.1) is 24.7 Å². The molecule has 0 aromatic carbocycles. The van der Waals surface area contributed by atoms with Crippen LogP contribution in [0.1, 0.15) is 63.5 Å². The molecule has 0 saturated heterocycles. The second-order valence-corrected chi connectivity index (χ2v) is 12.9. The molecule has 1 aromatic rings. The quantitative estimate of drug-likeness (QED) is 0.168. The number of nitrogens with zero attached hydrogens (tertiary/aromatic N) is 5. The fraction of sp³-hybridized carbons (Fsp3) is 0.484. The smallest absolute Gasteiger partial charge is 0.129 e. The molecule has 0 saturated carbocycles. The van der Waals surface area contributed by atoms with Crippen LogP contribution < -0.4 is 10.6 Å². The maximum Gasteiger partial charge on any atom is 0.129 e. The summed E-state index contributed by atoms with van der Waals surface area (Å²) in [5, 5.41) is 9.25. The number of allylic oxidation sites excluding steroid dienone is 5. The fourth-order valence-corrected chi connectivity index (χ4v) is 5.95. The van der Waals surface area contributed by atoms with E-state index < -0.39 is 0 Å². The first-order chi connectivity index (χ1) is 18.3. The van der Waals surface area contributed by atoms with E-state index in [0.717, 1.165) is 40.7 Å².